The Labute approximate surface area is 116 Å². The first-order valence-electron chi connectivity index (χ1n) is 7.34. The molecule has 0 spiro atoms. The van der Waals surface area contributed by atoms with Crippen molar-refractivity contribution in [3.8, 4) is 5.88 Å². The molecule has 1 saturated carbocycles. The van der Waals surface area contributed by atoms with E-state index in [2.05, 4.69) is 29.1 Å². The zero-order chi connectivity index (χ0) is 13.7. The summed E-state index contributed by atoms with van der Waals surface area (Å²) in [5, 5.41) is 3.38. The smallest absolute Gasteiger partial charge is 0.226 e. The van der Waals surface area contributed by atoms with Crippen LogP contribution in [0.4, 0.5) is 5.95 Å². The molecule has 19 heavy (non-hydrogen) atoms. The molecule has 1 heterocycles. The maximum absolute atomic E-state index is 5.58. The van der Waals surface area contributed by atoms with Crippen molar-refractivity contribution in [2.24, 2.45) is 5.41 Å². The summed E-state index contributed by atoms with van der Waals surface area (Å²) >= 11 is 0. The number of hydrogen-bond donors (Lipinski definition) is 1. The van der Waals surface area contributed by atoms with Crippen molar-refractivity contribution in [2.45, 2.75) is 52.9 Å². The molecule has 1 N–H and O–H groups in total. The van der Waals surface area contributed by atoms with Gasteiger partial charge in [0.2, 0.25) is 11.8 Å². The molecule has 0 aromatic carbocycles. The van der Waals surface area contributed by atoms with Gasteiger partial charge < -0.3 is 10.1 Å². The number of aryl methyl sites for hydroxylation is 1. The highest BCUT2D eigenvalue weighted by Crippen LogP contribution is 2.37. The molecule has 1 fully saturated rings. The molecule has 0 radical (unpaired) electrons. The van der Waals surface area contributed by atoms with Crippen LogP contribution in [0.2, 0.25) is 0 Å². The Balaban J connectivity index is 1.97. The van der Waals surface area contributed by atoms with Gasteiger partial charge in [-0.25, -0.2) is 4.98 Å². The second-order valence-electron chi connectivity index (χ2n) is 5.89. The molecule has 0 aliphatic heterocycles. The van der Waals surface area contributed by atoms with Gasteiger partial charge in [0.15, 0.2) is 0 Å². The van der Waals surface area contributed by atoms with E-state index in [0.717, 1.165) is 18.7 Å². The first kappa shape index (κ1) is 14.1. The Morgan fingerprint density at radius 1 is 1.32 bits per heavy atom. The summed E-state index contributed by atoms with van der Waals surface area (Å²) in [6.45, 7) is 8.06. The van der Waals surface area contributed by atoms with Gasteiger partial charge in [-0.15, -0.1) is 0 Å². The molecule has 0 atom stereocenters. The normalized spacial score (nSPS) is 17.4. The molecule has 0 amide bonds. The molecule has 1 aliphatic carbocycles. The van der Waals surface area contributed by atoms with Crippen LogP contribution in [0.5, 0.6) is 5.88 Å². The Kier molecular flexibility index (Phi) is 4.61. The monoisotopic (exact) mass is 263 g/mol. The van der Waals surface area contributed by atoms with Crippen LogP contribution in [0.15, 0.2) is 6.07 Å². The standard InChI is InChI=1S/C15H25N3O/c1-4-9-19-13-10-12(2)17-14(18-13)16-11-15(3)7-5-6-8-15/h10H,4-9,11H2,1-3H3,(H,16,17,18). The Morgan fingerprint density at radius 3 is 2.74 bits per heavy atom. The number of anilines is 1. The molecule has 106 valence electrons. The van der Waals surface area contributed by atoms with Crippen LogP contribution in [-0.2, 0) is 0 Å². The van der Waals surface area contributed by atoms with Crippen molar-refractivity contribution in [3.63, 3.8) is 0 Å². The van der Waals surface area contributed by atoms with E-state index < -0.39 is 0 Å². The number of rotatable bonds is 6. The van der Waals surface area contributed by atoms with Crippen molar-refractivity contribution < 1.29 is 4.74 Å². The molecular weight excluding hydrogens is 238 g/mol. The van der Waals surface area contributed by atoms with E-state index in [1.165, 1.54) is 25.7 Å². The molecular formula is C15H25N3O. The molecule has 1 aromatic heterocycles. The number of ether oxygens (including phenoxy) is 1. The van der Waals surface area contributed by atoms with Crippen molar-refractivity contribution in [2.75, 3.05) is 18.5 Å². The lowest BCUT2D eigenvalue weighted by Crippen LogP contribution is -2.24. The second kappa shape index (κ2) is 6.22. The molecule has 4 heteroatoms. The third-order valence-corrected chi connectivity index (χ3v) is 3.77. The average Bonchev–Trinajstić information content (AvgIpc) is 2.81. The lowest BCUT2D eigenvalue weighted by molar-refractivity contribution is 0.304. The predicted molar refractivity (Wildman–Crippen MR) is 77.6 cm³/mol. The van der Waals surface area contributed by atoms with Crippen LogP contribution >= 0.6 is 0 Å². The molecule has 2 rings (SSSR count). The fourth-order valence-electron chi connectivity index (χ4n) is 2.60. The van der Waals surface area contributed by atoms with Gasteiger partial charge in [0.05, 0.1) is 6.61 Å². The summed E-state index contributed by atoms with van der Waals surface area (Å²) in [4.78, 5) is 8.85. The minimum atomic E-state index is 0.400. The largest absolute Gasteiger partial charge is 0.478 e. The second-order valence-corrected chi connectivity index (χ2v) is 5.89. The van der Waals surface area contributed by atoms with Crippen LogP contribution in [-0.4, -0.2) is 23.1 Å². The predicted octanol–water partition coefficient (Wildman–Crippen LogP) is 3.57. The first-order chi connectivity index (χ1) is 9.11. The maximum Gasteiger partial charge on any atom is 0.226 e. The van der Waals surface area contributed by atoms with E-state index in [4.69, 9.17) is 4.74 Å². The number of nitrogens with zero attached hydrogens (tertiary/aromatic N) is 2. The number of aromatic nitrogens is 2. The topological polar surface area (TPSA) is 47.0 Å². The van der Waals surface area contributed by atoms with Crippen molar-refractivity contribution in [3.05, 3.63) is 11.8 Å². The number of hydrogen-bond acceptors (Lipinski definition) is 4. The van der Waals surface area contributed by atoms with Gasteiger partial charge in [0.1, 0.15) is 0 Å². The Morgan fingerprint density at radius 2 is 2.05 bits per heavy atom. The number of nitrogens with one attached hydrogen (secondary N) is 1. The highest BCUT2D eigenvalue weighted by Gasteiger charge is 2.28. The van der Waals surface area contributed by atoms with E-state index >= 15 is 0 Å². The van der Waals surface area contributed by atoms with E-state index in [1.807, 2.05) is 13.0 Å². The third kappa shape index (κ3) is 4.08. The quantitative estimate of drug-likeness (QED) is 0.852. The van der Waals surface area contributed by atoms with Gasteiger partial charge >= 0.3 is 0 Å². The van der Waals surface area contributed by atoms with E-state index in [-0.39, 0.29) is 0 Å². The summed E-state index contributed by atoms with van der Waals surface area (Å²) in [6.07, 6.45) is 6.27. The minimum Gasteiger partial charge on any atom is -0.478 e. The zero-order valence-electron chi connectivity index (χ0n) is 12.3. The summed E-state index contributed by atoms with van der Waals surface area (Å²) in [7, 11) is 0. The van der Waals surface area contributed by atoms with Gasteiger partial charge in [-0.3, -0.25) is 0 Å². The highest BCUT2D eigenvalue weighted by molar-refractivity contribution is 5.31. The maximum atomic E-state index is 5.58. The van der Waals surface area contributed by atoms with Crippen LogP contribution in [0.3, 0.4) is 0 Å². The van der Waals surface area contributed by atoms with Crippen molar-refractivity contribution in [1.82, 2.24) is 9.97 Å². The van der Waals surface area contributed by atoms with Crippen LogP contribution in [0.1, 0.15) is 51.6 Å². The van der Waals surface area contributed by atoms with Gasteiger partial charge in [-0.1, -0.05) is 26.7 Å². The van der Waals surface area contributed by atoms with Gasteiger partial charge in [0, 0.05) is 18.3 Å². The summed E-state index contributed by atoms with van der Waals surface area (Å²) < 4.78 is 5.58. The third-order valence-electron chi connectivity index (χ3n) is 3.77. The van der Waals surface area contributed by atoms with Gasteiger partial charge in [-0.05, 0) is 31.6 Å². The fraction of sp³-hybridized carbons (Fsp3) is 0.733. The van der Waals surface area contributed by atoms with Crippen molar-refractivity contribution in [1.29, 1.82) is 0 Å². The summed E-state index contributed by atoms with van der Waals surface area (Å²) in [5.74, 6) is 1.37. The zero-order valence-corrected chi connectivity index (χ0v) is 12.3. The first-order valence-corrected chi connectivity index (χ1v) is 7.34. The van der Waals surface area contributed by atoms with Gasteiger partial charge in [0.25, 0.3) is 0 Å². The van der Waals surface area contributed by atoms with Crippen LogP contribution in [0, 0.1) is 12.3 Å². The molecule has 0 saturated heterocycles. The molecule has 0 bridgehead atoms. The summed E-state index contributed by atoms with van der Waals surface area (Å²) in [6, 6.07) is 1.89. The lowest BCUT2D eigenvalue weighted by atomic mass is 9.89. The van der Waals surface area contributed by atoms with E-state index in [0.29, 0.717) is 23.9 Å². The Hall–Kier alpha value is -1.32. The average molecular weight is 263 g/mol. The highest BCUT2D eigenvalue weighted by atomic mass is 16.5. The summed E-state index contributed by atoms with van der Waals surface area (Å²) in [5.41, 5.74) is 1.34. The SMILES string of the molecule is CCCOc1cc(C)nc(NCC2(C)CCCC2)n1. The molecule has 4 nitrogen and oxygen atoms in total. The Bertz CT molecular complexity index is 414. The van der Waals surface area contributed by atoms with Gasteiger partial charge in [-0.2, -0.15) is 4.98 Å². The fourth-order valence-corrected chi connectivity index (χ4v) is 2.60. The molecule has 1 aromatic rings. The van der Waals surface area contributed by atoms with E-state index in [9.17, 15) is 0 Å². The molecule has 1 aliphatic rings. The van der Waals surface area contributed by atoms with Crippen molar-refractivity contribution >= 4 is 5.95 Å². The lowest BCUT2D eigenvalue weighted by Gasteiger charge is -2.23. The minimum absolute atomic E-state index is 0.400. The van der Waals surface area contributed by atoms with E-state index in [1.54, 1.807) is 0 Å². The van der Waals surface area contributed by atoms with Crippen LogP contribution in [0.25, 0.3) is 0 Å². The van der Waals surface area contributed by atoms with Crippen LogP contribution < -0.4 is 10.1 Å². The molecule has 0 unspecified atom stereocenters.